The van der Waals surface area contributed by atoms with Gasteiger partial charge in [0, 0.05) is 0 Å². The van der Waals surface area contributed by atoms with Crippen molar-refractivity contribution in [1.29, 1.82) is 0 Å². The Kier molecular flexibility index (Phi) is 6.63. The Balaban J connectivity index is 3.94. The maximum Gasteiger partial charge on any atom is 0.381 e. The zero-order valence-electron chi connectivity index (χ0n) is 6.85. The molecule has 0 saturated carbocycles. The van der Waals surface area contributed by atoms with E-state index in [-0.39, 0.29) is 13.2 Å². The molecule has 0 bridgehead atoms. The van der Waals surface area contributed by atoms with Crippen molar-refractivity contribution in [2.24, 2.45) is 5.16 Å². The van der Waals surface area contributed by atoms with E-state index in [9.17, 15) is 4.21 Å². The van der Waals surface area contributed by atoms with Crippen molar-refractivity contribution < 1.29 is 23.4 Å². The molecule has 0 aromatic heterocycles. The quantitative estimate of drug-likeness (QED) is 0.233. The van der Waals surface area contributed by atoms with E-state index in [1.807, 2.05) is 0 Å². The predicted octanol–water partition coefficient (Wildman–Crippen LogP) is 0.484. The average molecular weight is 197 g/mol. The molecule has 12 heavy (non-hydrogen) atoms. The number of nitrogens with zero attached hydrogens (tertiary/aromatic N) is 1. The maximum atomic E-state index is 10.4. The molecule has 0 spiro atoms. The highest BCUT2D eigenvalue weighted by Gasteiger charge is 2.10. The second kappa shape index (κ2) is 7.01. The molecule has 0 amide bonds. The van der Waals surface area contributed by atoms with Crippen LogP contribution in [0, 0.1) is 0 Å². The van der Waals surface area contributed by atoms with Crippen LogP contribution in [0.4, 0.5) is 0 Å². The molecule has 0 aliphatic heterocycles. The molecule has 72 valence electrons. The second-order valence-electron chi connectivity index (χ2n) is 1.51. The van der Waals surface area contributed by atoms with E-state index in [2.05, 4.69) is 19.8 Å². The average Bonchev–Trinajstić information content (AvgIpc) is 2.04. The van der Waals surface area contributed by atoms with Gasteiger partial charge in [0.15, 0.2) is 0 Å². The van der Waals surface area contributed by atoms with Gasteiger partial charge in [-0.15, -0.1) is 0 Å². The van der Waals surface area contributed by atoms with E-state index in [1.54, 1.807) is 13.8 Å². The fourth-order valence-electron chi connectivity index (χ4n) is 0.303. The molecule has 0 aromatic carbocycles. The van der Waals surface area contributed by atoms with Gasteiger partial charge in [0.1, 0.15) is 6.61 Å². The van der Waals surface area contributed by atoms with Gasteiger partial charge in [-0.05, 0) is 19.0 Å². The first kappa shape index (κ1) is 11.3. The Labute approximate surface area is 72.7 Å². The molecule has 0 aliphatic carbocycles. The monoisotopic (exact) mass is 197 g/mol. The van der Waals surface area contributed by atoms with E-state index in [0.717, 1.165) is 0 Å². The highest BCUT2D eigenvalue weighted by Crippen LogP contribution is 1.90. The van der Waals surface area contributed by atoms with Gasteiger partial charge in [0.2, 0.25) is 0 Å². The van der Waals surface area contributed by atoms with Crippen molar-refractivity contribution in [1.82, 2.24) is 0 Å². The van der Waals surface area contributed by atoms with Crippen molar-refractivity contribution in [3.05, 3.63) is 0 Å². The van der Waals surface area contributed by atoms with Gasteiger partial charge >= 0.3 is 5.23 Å². The van der Waals surface area contributed by atoms with Gasteiger partial charge in [-0.25, -0.2) is 4.21 Å². The summed E-state index contributed by atoms with van der Waals surface area (Å²) in [5, 5.41) is 2.70. The maximum absolute atomic E-state index is 10.4. The molecule has 6 nitrogen and oxygen atoms in total. The van der Waals surface area contributed by atoms with Crippen LogP contribution in [0.3, 0.4) is 0 Å². The Morgan fingerprint density at radius 2 is 2.17 bits per heavy atom. The molecule has 1 unspecified atom stereocenters. The summed E-state index contributed by atoms with van der Waals surface area (Å²) < 4.78 is 18.9. The third-order valence-corrected chi connectivity index (χ3v) is 1.11. The summed E-state index contributed by atoms with van der Waals surface area (Å²) in [6, 6.07) is 0. The lowest BCUT2D eigenvalue weighted by molar-refractivity contribution is -0.216. The van der Waals surface area contributed by atoms with Crippen LogP contribution < -0.4 is 0 Å². The Morgan fingerprint density at radius 3 is 2.58 bits per heavy atom. The fraction of sp³-hybridized carbons (Fsp3) is 0.800. The third-order valence-electron chi connectivity index (χ3n) is 0.666. The molecule has 0 radical (unpaired) electrons. The van der Waals surface area contributed by atoms with Crippen molar-refractivity contribution in [2.45, 2.75) is 13.8 Å². The predicted molar refractivity (Wildman–Crippen MR) is 42.5 cm³/mol. The Hall–Kier alpha value is -0.660. The van der Waals surface area contributed by atoms with Gasteiger partial charge < -0.3 is 9.73 Å². The first-order valence-corrected chi connectivity index (χ1v) is 4.43. The second-order valence-corrected chi connectivity index (χ2v) is 2.36. The Bertz CT molecular complexity index is 171. The number of oxime groups is 1. The number of hydrogen-bond acceptors (Lipinski definition) is 5. The lowest BCUT2D eigenvalue weighted by atomic mass is 10.9. The summed E-state index contributed by atoms with van der Waals surface area (Å²) in [5.41, 5.74) is 0. The number of rotatable bonds is 4. The molecule has 0 saturated heterocycles. The first-order chi connectivity index (χ1) is 5.72. The summed E-state index contributed by atoms with van der Waals surface area (Å²) >= 11 is -2.33. The highest BCUT2D eigenvalue weighted by molar-refractivity contribution is 7.95. The van der Waals surface area contributed by atoms with Crippen LogP contribution in [-0.4, -0.2) is 27.2 Å². The van der Waals surface area contributed by atoms with Gasteiger partial charge in [-0.3, -0.25) is 4.55 Å². The molecular formula is C5H11NO5S. The normalized spacial score (nSPS) is 14.1. The van der Waals surface area contributed by atoms with Crippen molar-refractivity contribution in [3.63, 3.8) is 0 Å². The SMILES string of the molecule is CCO/N=C(\OOCC)S(=O)O. The molecular weight excluding hydrogens is 186 g/mol. The molecule has 0 heterocycles. The summed E-state index contributed by atoms with van der Waals surface area (Å²) in [6.45, 7) is 3.89. The number of hydrogen-bond donors (Lipinski definition) is 1. The zero-order valence-corrected chi connectivity index (χ0v) is 7.67. The summed E-state index contributed by atoms with van der Waals surface area (Å²) in [4.78, 5) is 13.2. The highest BCUT2D eigenvalue weighted by atomic mass is 32.2. The van der Waals surface area contributed by atoms with Gasteiger partial charge in [-0.1, -0.05) is 0 Å². The lowest BCUT2D eigenvalue weighted by Gasteiger charge is -2.01. The molecule has 0 fully saturated rings. The van der Waals surface area contributed by atoms with Crippen LogP contribution in [0.25, 0.3) is 0 Å². The fourth-order valence-corrected chi connectivity index (χ4v) is 0.526. The van der Waals surface area contributed by atoms with Crippen LogP contribution in [0.5, 0.6) is 0 Å². The van der Waals surface area contributed by atoms with E-state index >= 15 is 0 Å². The minimum absolute atomic E-state index is 0.252. The molecule has 0 rings (SSSR count). The van der Waals surface area contributed by atoms with Crippen molar-refractivity contribution in [3.8, 4) is 0 Å². The van der Waals surface area contributed by atoms with Crippen LogP contribution in [0.2, 0.25) is 0 Å². The summed E-state index contributed by atoms with van der Waals surface area (Å²) in [7, 11) is 0. The van der Waals surface area contributed by atoms with Gasteiger partial charge in [0.05, 0.1) is 6.61 Å². The van der Waals surface area contributed by atoms with Crippen LogP contribution in [0.1, 0.15) is 13.8 Å². The zero-order chi connectivity index (χ0) is 9.40. The minimum atomic E-state index is -2.33. The van der Waals surface area contributed by atoms with E-state index < -0.39 is 16.3 Å². The van der Waals surface area contributed by atoms with E-state index in [0.29, 0.717) is 0 Å². The Morgan fingerprint density at radius 1 is 1.50 bits per heavy atom. The molecule has 7 heteroatoms. The van der Waals surface area contributed by atoms with Crippen LogP contribution >= 0.6 is 0 Å². The smallest absolute Gasteiger partial charge is 0.381 e. The van der Waals surface area contributed by atoms with Gasteiger partial charge in [0.25, 0.3) is 11.1 Å². The standard InChI is InChI=1S/C5H11NO5S/c1-3-9-6-5(12(7)8)11-10-4-2/h3-4H2,1-2H3,(H,7,8)/b6-5+. The van der Waals surface area contributed by atoms with Crippen LogP contribution in [-0.2, 0) is 25.7 Å². The van der Waals surface area contributed by atoms with Crippen molar-refractivity contribution >= 4 is 16.3 Å². The summed E-state index contributed by atoms with van der Waals surface area (Å²) in [5.74, 6) is 0. The lowest BCUT2D eigenvalue weighted by Crippen LogP contribution is -2.12. The van der Waals surface area contributed by atoms with Crippen LogP contribution in [0.15, 0.2) is 5.16 Å². The van der Waals surface area contributed by atoms with Gasteiger partial charge in [-0.2, -0.15) is 4.89 Å². The molecule has 0 aromatic rings. The third kappa shape index (κ3) is 5.05. The topological polar surface area (TPSA) is 77.3 Å². The first-order valence-electron chi connectivity index (χ1n) is 3.32. The van der Waals surface area contributed by atoms with E-state index in [4.69, 9.17) is 4.55 Å². The molecule has 1 atom stereocenters. The molecule has 1 N–H and O–H groups in total. The molecule has 0 aliphatic rings. The largest absolute Gasteiger partial charge is 0.392 e. The summed E-state index contributed by atoms with van der Waals surface area (Å²) in [6.07, 6.45) is 0. The van der Waals surface area contributed by atoms with Crippen molar-refractivity contribution in [2.75, 3.05) is 13.2 Å². The van der Waals surface area contributed by atoms with E-state index in [1.165, 1.54) is 0 Å². The minimum Gasteiger partial charge on any atom is -0.392 e.